The summed E-state index contributed by atoms with van der Waals surface area (Å²) in [7, 11) is -3.77. The lowest BCUT2D eigenvalue weighted by Crippen LogP contribution is -2.16. The van der Waals surface area contributed by atoms with Crippen molar-refractivity contribution in [2.45, 2.75) is 5.75 Å². The minimum absolute atomic E-state index is 0.0792. The standard InChI is InChI=1S/C13H11FN2O4S/c14-11-3-1-9(2-4-11)8-21(19,20)16-12-7-10(13(17)18)5-6-15-12/h1-7H,8H2,(H,15,16)(H,17,18). The molecule has 2 aromatic rings. The number of nitrogens with zero attached hydrogens (tertiary/aromatic N) is 1. The average Bonchev–Trinajstić information content (AvgIpc) is 2.41. The van der Waals surface area contributed by atoms with Gasteiger partial charge in [-0.1, -0.05) is 12.1 Å². The Hall–Kier alpha value is -2.48. The van der Waals surface area contributed by atoms with Crippen LogP contribution in [0.5, 0.6) is 0 Å². The first-order chi connectivity index (χ1) is 9.85. The number of nitrogens with one attached hydrogen (secondary N) is 1. The van der Waals surface area contributed by atoms with Crippen molar-refractivity contribution in [1.29, 1.82) is 0 Å². The van der Waals surface area contributed by atoms with Gasteiger partial charge in [-0.2, -0.15) is 0 Å². The number of rotatable bonds is 5. The summed E-state index contributed by atoms with van der Waals surface area (Å²) in [5, 5.41) is 8.83. The van der Waals surface area contributed by atoms with Gasteiger partial charge in [-0.15, -0.1) is 0 Å². The highest BCUT2D eigenvalue weighted by molar-refractivity contribution is 7.91. The van der Waals surface area contributed by atoms with Crippen molar-refractivity contribution in [1.82, 2.24) is 4.98 Å². The van der Waals surface area contributed by atoms with E-state index in [1.165, 1.54) is 24.4 Å². The monoisotopic (exact) mass is 310 g/mol. The van der Waals surface area contributed by atoms with Crippen LogP contribution >= 0.6 is 0 Å². The van der Waals surface area contributed by atoms with E-state index in [0.29, 0.717) is 5.56 Å². The molecule has 0 saturated heterocycles. The fourth-order valence-electron chi connectivity index (χ4n) is 1.61. The second-order valence-corrected chi connectivity index (χ2v) is 5.94. The number of carboxylic acids is 1. The molecule has 0 aliphatic heterocycles. The van der Waals surface area contributed by atoms with Crippen LogP contribution in [-0.4, -0.2) is 24.5 Å². The van der Waals surface area contributed by atoms with E-state index in [1.807, 2.05) is 0 Å². The van der Waals surface area contributed by atoms with E-state index in [0.717, 1.165) is 18.2 Å². The second-order valence-electron chi connectivity index (χ2n) is 4.22. The molecular weight excluding hydrogens is 299 g/mol. The quantitative estimate of drug-likeness (QED) is 0.878. The van der Waals surface area contributed by atoms with Gasteiger partial charge >= 0.3 is 5.97 Å². The molecule has 0 spiro atoms. The first-order valence-corrected chi connectivity index (χ1v) is 7.45. The lowest BCUT2D eigenvalue weighted by Gasteiger charge is -2.07. The molecule has 0 aliphatic carbocycles. The van der Waals surface area contributed by atoms with Gasteiger partial charge in [0.05, 0.1) is 11.3 Å². The molecule has 0 atom stereocenters. The highest BCUT2D eigenvalue weighted by atomic mass is 32.2. The minimum atomic E-state index is -3.77. The summed E-state index contributed by atoms with van der Waals surface area (Å²) in [6.07, 6.45) is 1.19. The van der Waals surface area contributed by atoms with Gasteiger partial charge in [-0.3, -0.25) is 4.72 Å². The number of sulfonamides is 1. The van der Waals surface area contributed by atoms with E-state index in [-0.39, 0.29) is 17.1 Å². The molecule has 1 aromatic heterocycles. The van der Waals surface area contributed by atoms with Crippen LogP contribution in [0, 0.1) is 5.82 Å². The Balaban J connectivity index is 2.15. The van der Waals surface area contributed by atoms with Gasteiger partial charge in [-0.05, 0) is 29.8 Å². The molecule has 0 radical (unpaired) electrons. The number of hydrogen-bond donors (Lipinski definition) is 2. The van der Waals surface area contributed by atoms with Crippen molar-refractivity contribution >= 4 is 21.8 Å². The predicted molar refractivity (Wildman–Crippen MR) is 73.8 cm³/mol. The van der Waals surface area contributed by atoms with Crippen molar-refractivity contribution in [3.63, 3.8) is 0 Å². The fraction of sp³-hybridized carbons (Fsp3) is 0.0769. The van der Waals surface area contributed by atoms with E-state index < -0.39 is 21.8 Å². The molecule has 6 nitrogen and oxygen atoms in total. The number of carbonyl (C=O) groups is 1. The van der Waals surface area contributed by atoms with Crippen molar-refractivity contribution in [2.75, 3.05) is 4.72 Å². The van der Waals surface area contributed by atoms with Gasteiger partial charge in [0, 0.05) is 6.20 Å². The Morgan fingerprint density at radius 1 is 1.24 bits per heavy atom. The van der Waals surface area contributed by atoms with Crippen molar-refractivity contribution < 1.29 is 22.7 Å². The average molecular weight is 310 g/mol. The molecule has 2 N–H and O–H groups in total. The lowest BCUT2D eigenvalue weighted by atomic mass is 10.2. The third kappa shape index (κ3) is 4.25. The number of aromatic carboxylic acids is 1. The smallest absolute Gasteiger partial charge is 0.335 e. The van der Waals surface area contributed by atoms with Crippen molar-refractivity contribution in [3.05, 3.63) is 59.5 Å². The number of pyridine rings is 1. The third-order valence-corrected chi connectivity index (χ3v) is 3.77. The lowest BCUT2D eigenvalue weighted by molar-refractivity contribution is 0.0697. The maximum atomic E-state index is 12.8. The maximum absolute atomic E-state index is 12.8. The SMILES string of the molecule is O=C(O)c1ccnc(NS(=O)(=O)Cc2ccc(F)cc2)c1. The Bertz CT molecular complexity index is 760. The summed E-state index contributed by atoms with van der Waals surface area (Å²) in [5.41, 5.74) is 0.322. The van der Waals surface area contributed by atoms with Crippen LogP contribution in [0.1, 0.15) is 15.9 Å². The summed E-state index contributed by atoms with van der Waals surface area (Å²) in [6, 6.07) is 7.40. The summed E-state index contributed by atoms with van der Waals surface area (Å²) >= 11 is 0. The summed E-state index contributed by atoms with van der Waals surface area (Å²) in [4.78, 5) is 14.6. The number of carboxylic acid groups (broad SMARTS) is 1. The Labute approximate surface area is 120 Å². The molecule has 0 unspecified atom stereocenters. The van der Waals surface area contributed by atoms with Crippen LogP contribution in [0.4, 0.5) is 10.2 Å². The van der Waals surface area contributed by atoms with E-state index in [4.69, 9.17) is 5.11 Å². The second kappa shape index (κ2) is 5.88. The molecule has 1 heterocycles. The zero-order chi connectivity index (χ0) is 15.5. The molecule has 110 valence electrons. The van der Waals surface area contributed by atoms with Crippen LogP contribution in [0.3, 0.4) is 0 Å². The summed E-state index contributed by atoms with van der Waals surface area (Å²) in [6.45, 7) is 0. The first-order valence-electron chi connectivity index (χ1n) is 5.80. The molecule has 0 amide bonds. The van der Waals surface area contributed by atoms with Gasteiger partial charge in [0.1, 0.15) is 11.6 Å². The Morgan fingerprint density at radius 3 is 2.52 bits per heavy atom. The van der Waals surface area contributed by atoms with Gasteiger partial charge in [-0.25, -0.2) is 22.6 Å². The number of aromatic nitrogens is 1. The molecule has 1 aromatic carbocycles. The van der Waals surface area contributed by atoms with E-state index in [1.54, 1.807) is 0 Å². The van der Waals surface area contributed by atoms with Crippen molar-refractivity contribution in [2.24, 2.45) is 0 Å². The zero-order valence-electron chi connectivity index (χ0n) is 10.7. The van der Waals surface area contributed by atoms with Crippen LogP contribution in [0.2, 0.25) is 0 Å². The van der Waals surface area contributed by atoms with Crippen LogP contribution in [0.25, 0.3) is 0 Å². The van der Waals surface area contributed by atoms with Crippen LogP contribution < -0.4 is 4.72 Å². The Kier molecular flexibility index (Phi) is 4.18. The maximum Gasteiger partial charge on any atom is 0.335 e. The molecule has 21 heavy (non-hydrogen) atoms. The molecule has 0 bridgehead atoms. The minimum Gasteiger partial charge on any atom is -0.478 e. The Morgan fingerprint density at radius 2 is 1.90 bits per heavy atom. The molecule has 0 saturated carbocycles. The fourth-order valence-corrected chi connectivity index (χ4v) is 2.75. The van der Waals surface area contributed by atoms with Crippen molar-refractivity contribution in [3.8, 4) is 0 Å². The highest BCUT2D eigenvalue weighted by Gasteiger charge is 2.14. The number of anilines is 1. The molecule has 8 heteroatoms. The summed E-state index contributed by atoms with van der Waals surface area (Å²) in [5.74, 6) is -2.10. The van der Waals surface area contributed by atoms with Gasteiger partial charge in [0.25, 0.3) is 0 Å². The first kappa shape index (κ1) is 14.9. The normalized spacial score (nSPS) is 11.1. The van der Waals surface area contributed by atoms with Gasteiger partial charge < -0.3 is 5.11 Å². The van der Waals surface area contributed by atoms with E-state index in [9.17, 15) is 17.6 Å². The van der Waals surface area contributed by atoms with E-state index >= 15 is 0 Å². The third-order valence-electron chi connectivity index (χ3n) is 2.54. The highest BCUT2D eigenvalue weighted by Crippen LogP contribution is 2.12. The number of halogens is 1. The largest absolute Gasteiger partial charge is 0.478 e. The van der Waals surface area contributed by atoms with Gasteiger partial charge in [0.2, 0.25) is 10.0 Å². The molecular formula is C13H11FN2O4S. The van der Waals surface area contributed by atoms with Gasteiger partial charge in [0.15, 0.2) is 0 Å². The molecule has 0 fully saturated rings. The number of hydrogen-bond acceptors (Lipinski definition) is 4. The predicted octanol–water partition coefficient (Wildman–Crippen LogP) is 1.86. The molecule has 2 rings (SSSR count). The molecule has 0 aliphatic rings. The zero-order valence-corrected chi connectivity index (χ0v) is 11.5. The summed E-state index contributed by atoms with van der Waals surface area (Å²) < 4.78 is 38.8. The van der Waals surface area contributed by atoms with Crippen LogP contribution in [-0.2, 0) is 15.8 Å². The topological polar surface area (TPSA) is 96.4 Å². The van der Waals surface area contributed by atoms with Crippen LogP contribution in [0.15, 0.2) is 42.6 Å². The van der Waals surface area contributed by atoms with E-state index in [2.05, 4.69) is 9.71 Å². The number of benzene rings is 1.